The highest BCUT2D eigenvalue weighted by Gasteiger charge is 2.13. The summed E-state index contributed by atoms with van der Waals surface area (Å²) in [5, 5.41) is 7.81. The summed E-state index contributed by atoms with van der Waals surface area (Å²) in [5.74, 6) is 2.12. The summed E-state index contributed by atoms with van der Waals surface area (Å²) in [7, 11) is 0. The molecule has 33 heavy (non-hydrogen) atoms. The lowest BCUT2D eigenvalue weighted by atomic mass is 9.99. The highest BCUT2D eigenvalue weighted by molar-refractivity contribution is 6.30. The van der Waals surface area contributed by atoms with Crippen molar-refractivity contribution in [2.75, 3.05) is 5.32 Å². The lowest BCUT2D eigenvalue weighted by Gasteiger charge is -2.10. The van der Waals surface area contributed by atoms with E-state index in [1.165, 1.54) is 5.56 Å². The summed E-state index contributed by atoms with van der Waals surface area (Å²) in [6.07, 6.45) is 2.89. The molecule has 0 radical (unpaired) electrons. The maximum absolute atomic E-state index is 12.5. The Balaban J connectivity index is 1.30. The van der Waals surface area contributed by atoms with Crippen molar-refractivity contribution in [1.29, 1.82) is 0 Å². The van der Waals surface area contributed by atoms with Crippen molar-refractivity contribution in [1.82, 2.24) is 9.78 Å². The first kappa shape index (κ1) is 22.7. The Morgan fingerprint density at radius 1 is 1.15 bits per heavy atom. The molecule has 0 bridgehead atoms. The number of furan rings is 1. The van der Waals surface area contributed by atoms with Crippen LogP contribution >= 0.6 is 11.6 Å². The fraction of sp³-hybridized carbons (Fsp3) is 0.231. The fourth-order valence-corrected chi connectivity index (χ4v) is 3.59. The van der Waals surface area contributed by atoms with Crippen LogP contribution < -0.4 is 10.1 Å². The standard InChI is InChI=1S/C26H26ClN3O3/c1-3-18(2)20-7-9-22(10-8-20)32-17-23-11-12-24(33-23)26(31)28-25-13-14-30(29-25)16-19-5-4-6-21(27)15-19/h4-15,18H,3,16-17H2,1-2H3,(H,28,29,31). The Labute approximate surface area is 198 Å². The summed E-state index contributed by atoms with van der Waals surface area (Å²) in [4.78, 5) is 12.5. The summed E-state index contributed by atoms with van der Waals surface area (Å²) >= 11 is 6.03. The average Bonchev–Trinajstić information content (AvgIpc) is 3.47. The topological polar surface area (TPSA) is 69.3 Å². The van der Waals surface area contributed by atoms with Gasteiger partial charge in [-0.3, -0.25) is 9.48 Å². The van der Waals surface area contributed by atoms with Crippen molar-refractivity contribution in [2.24, 2.45) is 0 Å². The van der Waals surface area contributed by atoms with Gasteiger partial charge in [-0.25, -0.2) is 0 Å². The van der Waals surface area contributed by atoms with Gasteiger partial charge in [0.25, 0.3) is 5.91 Å². The van der Waals surface area contributed by atoms with Gasteiger partial charge in [0.1, 0.15) is 18.1 Å². The zero-order valence-electron chi connectivity index (χ0n) is 18.6. The molecule has 0 aliphatic heterocycles. The van der Waals surface area contributed by atoms with Crippen molar-refractivity contribution in [3.63, 3.8) is 0 Å². The molecule has 170 valence electrons. The first-order valence-electron chi connectivity index (χ1n) is 10.9. The van der Waals surface area contributed by atoms with E-state index in [4.69, 9.17) is 20.8 Å². The molecule has 0 spiro atoms. The smallest absolute Gasteiger partial charge is 0.292 e. The van der Waals surface area contributed by atoms with Crippen molar-refractivity contribution >= 4 is 23.3 Å². The van der Waals surface area contributed by atoms with E-state index in [0.29, 0.717) is 29.1 Å². The Hall–Kier alpha value is -3.51. The zero-order valence-corrected chi connectivity index (χ0v) is 19.4. The van der Waals surface area contributed by atoms with Crippen LogP contribution in [-0.2, 0) is 13.2 Å². The Morgan fingerprint density at radius 3 is 2.73 bits per heavy atom. The SMILES string of the molecule is CCC(C)c1ccc(OCc2ccc(C(=O)Nc3ccn(Cc4cccc(Cl)c4)n3)o2)cc1. The monoisotopic (exact) mass is 463 g/mol. The Bertz CT molecular complexity index is 1210. The molecule has 6 nitrogen and oxygen atoms in total. The van der Waals surface area contributed by atoms with E-state index in [9.17, 15) is 4.79 Å². The average molecular weight is 464 g/mol. The molecule has 4 rings (SSSR count). The molecule has 0 fully saturated rings. The minimum Gasteiger partial charge on any atom is -0.486 e. The molecular formula is C26H26ClN3O3. The van der Waals surface area contributed by atoms with E-state index in [1.807, 2.05) is 36.4 Å². The number of nitrogens with one attached hydrogen (secondary N) is 1. The molecule has 0 aliphatic rings. The minimum atomic E-state index is -0.368. The highest BCUT2D eigenvalue weighted by atomic mass is 35.5. The van der Waals surface area contributed by atoms with Gasteiger partial charge in [0, 0.05) is 17.3 Å². The van der Waals surface area contributed by atoms with Crippen molar-refractivity contribution in [3.8, 4) is 5.75 Å². The maximum Gasteiger partial charge on any atom is 0.292 e. The molecule has 1 amide bonds. The van der Waals surface area contributed by atoms with Crippen LogP contribution in [0.1, 0.15) is 53.6 Å². The van der Waals surface area contributed by atoms with Crippen LogP contribution in [0, 0.1) is 0 Å². The largest absolute Gasteiger partial charge is 0.486 e. The molecule has 2 heterocycles. The van der Waals surface area contributed by atoms with Gasteiger partial charge in [0.2, 0.25) is 0 Å². The van der Waals surface area contributed by atoms with E-state index >= 15 is 0 Å². The van der Waals surface area contributed by atoms with E-state index in [1.54, 1.807) is 29.1 Å². The summed E-state index contributed by atoms with van der Waals surface area (Å²) in [6.45, 7) is 5.17. The van der Waals surface area contributed by atoms with E-state index in [0.717, 1.165) is 17.7 Å². The van der Waals surface area contributed by atoms with Gasteiger partial charge < -0.3 is 14.5 Å². The van der Waals surface area contributed by atoms with Gasteiger partial charge in [-0.2, -0.15) is 5.10 Å². The fourth-order valence-electron chi connectivity index (χ4n) is 3.38. The van der Waals surface area contributed by atoms with Crippen molar-refractivity contribution in [3.05, 3.63) is 101 Å². The number of hydrogen-bond acceptors (Lipinski definition) is 4. The number of amides is 1. The highest BCUT2D eigenvalue weighted by Crippen LogP contribution is 2.22. The molecule has 2 aromatic heterocycles. The molecule has 0 saturated heterocycles. The minimum absolute atomic E-state index is 0.199. The molecular weight excluding hydrogens is 438 g/mol. The van der Waals surface area contributed by atoms with Gasteiger partial charge >= 0.3 is 0 Å². The third kappa shape index (κ3) is 6.05. The molecule has 7 heteroatoms. The number of anilines is 1. The molecule has 1 unspecified atom stereocenters. The number of rotatable bonds is 9. The van der Waals surface area contributed by atoms with Gasteiger partial charge in [0.15, 0.2) is 11.6 Å². The quantitative estimate of drug-likeness (QED) is 0.306. The van der Waals surface area contributed by atoms with Crippen LogP contribution in [0.4, 0.5) is 5.82 Å². The lowest BCUT2D eigenvalue weighted by Crippen LogP contribution is -2.12. The number of carbonyl (C=O) groups is 1. The molecule has 4 aromatic rings. The summed E-state index contributed by atoms with van der Waals surface area (Å²) in [5.41, 5.74) is 2.31. The van der Waals surface area contributed by atoms with Crippen LogP contribution in [0.3, 0.4) is 0 Å². The number of hydrogen-bond donors (Lipinski definition) is 1. The number of benzene rings is 2. The van der Waals surface area contributed by atoms with E-state index in [2.05, 4.69) is 36.4 Å². The Morgan fingerprint density at radius 2 is 1.97 bits per heavy atom. The first-order valence-corrected chi connectivity index (χ1v) is 11.3. The van der Waals surface area contributed by atoms with Gasteiger partial charge in [-0.15, -0.1) is 0 Å². The van der Waals surface area contributed by atoms with Crippen LogP contribution in [-0.4, -0.2) is 15.7 Å². The third-order valence-corrected chi connectivity index (χ3v) is 5.68. The van der Waals surface area contributed by atoms with Gasteiger partial charge in [0.05, 0.1) is 6.54 Å². The maximum atomic E-state index is 12.5. The first-order chi connectivity index (χ1) is 16.0. The second kappa shape index (κ2) is 10.4. The molecule has 0 saturated carbocycles. The van der Waals surface area contributed by atoms with Gasteiger partial charge in [-0.05, 0) is 59.9 Å². The van der Waals surface area contributed by atoms with Crippen LogP contribution in [0.2, 0.25) is 5.02 Å². The summed E-state index contributed by atoms with van der Waals surface area (Å²) < 4.78 is 13.2. The van der Waals surface area contributed by atoms with Gasteiger partial charge in [-0.1, -0.05) is 49.7 Å². The third-order valence-electron chi connectivity index (χ3n) is 5.44. The molecule has 1 N–H and O–H groups in total. The Kier molecular flexibility index (Phi) is 7.15. The van der Waals surface area contributed by atoms with Crippen molar-refractivity contribution in [2.45, 2.75) is 39.3 Å². The molecule has 0 aliphatic carbocycles. The molecule has 1 atom stereocenters. The second-order valence-corrected chi connectivity index (χ2v) is 8.35. The number of halogens is 1. The lowest BCUT2D eigenvalue weighted by molar-refractivity contribution is 0.0992. The zero-order chi connectivity index (χ0) is 23.2. The van der Waals surface area contributed by atoms with Crippen molar-refractivity contribution < 1.29 is 13.9 Å². The normalized spacial score (nSPS) is 11.8. The van der Waals surface area contributed by atoms with E-state index in [-0.39, 0.29) is 18.3 Å². The number of carbonyl (C=O) groups excluding carboxylic acids is 1. The number of ether oxygens (including phenoxy) is 1. The number of aromatic nitrogens is 2. The second-order valence-electron chi connectivity index (χ2n) is 7.92. The predicted molar refractivity (Wildman–Crippen MR) is 129 cm³/mol. The summed E-state index contributed by atoms with van der Waals surface area (Å²) in [6, 6.07) is 20.7. The predicted octanol–water partition coefficient (Wildman–Crippen LogP) is 6.52. The van der Waals surface area contributed by atoms with Crippen LogP contribution in [0.15, 0.2) is 77.3 Å². The van der Waals surface area contributed by atoms with Crippen LogP contribution in [0.25, 0.3) is 0 Å². The van der Waals surface area contributed by atoms with Crippen LogP contribution in [0.5, 0.6) is 5.75 Å². The number of nitrogens with zero attached hydrogens (tertiary/aromatic N) is 2. The molecule has 2 aromatic carbocycles. The van der Waals surface area contributed by atoms with E-state index < -0.39 is 0 Å².